The molecule has 0 aliphatic heterocycles. The van der Waals surface area contributed by atoms with Crippen molar-refractivity contribution >= 4 is 0 Å². The highest BCUT2D eigenvalue weighted by molar-refractivity contribution is 5.27. The van der Waals surface area contributed by atoms with Crippen LogP contribution in [0.5, 0.6) is 5.75 Å². The average Bonchev–Trinajstić information content (AvgIpc) is 2.36. The van der Waals surface area contributed by atoms with Gasteiger partial charge in [0.1, 0.15) is 5.75 Å². The number of alkyl halides is 3. The maximum atomic E-state index is 12.2. The van der Waals surface area contributed by atoms with Gasteiger partial charge in [-0.25, -0.2) is 0 Å². The van der Waals surface area contributed by atoms with Crippen molar-refractivity contribution in [1.82, 2.24) is 5.32 Å². The van der Waals surface area contributed by atoms with Crippen LogP contribution in [0.2, 0.25) is 0 Å². The summed E-state index contributed by atoms with van der Waals surface area (Å²) in [5.41, 5.74) is 0.946. The van der Waals surface area contributed by atoms with Gasteiger partial charge in [-0.1, -0.05) is 25.5 Å². The minimum Gasteiger partial charge on any atom is -0.494 e. The third-order valence-electron chi connectivity index (χ3n) is 2.88. The van der Waals surface area contributed by atoms with Crippen molar-refractivity contribution < 1.29 is 17.9 Å². The van der Waals surface area contributed by atoms with Gasteiger partial charge in [0.2, 0.25) is 0 Å². The Kier molecular flexibility index (Phi) is 6.85. The molecule has 0 aliphatic rings. The first-order chi connectivity index (χ1) is 9.40. The summed E-state index contributed by atoms with van der Waals surface area (Å²) in [4.78, 5) is 0. The first-order valence-electron chi connectivity index (χ1n) is 6.92. The first kappa shape index (κ1) is 16.8. The second kappa shape index (κ2) is 8.15. The number of hydrogen-bond acceptors (Lipinski definition) is 2. The van der Waals surface area contributed by atoms with E-state index in [-0.39, 0.29) is 0 Å². The van der Waals surface area contributed by atoms with Crippen molar-refractivity contribution in [3.05, 3.63) is 29.8 Å². The van der Waals surface area contributed by atoms with Crippen LogP contribution in [-0.4, -0.2) is 18.8 Å². The Labute approximate surface area is 118 Å². The van der Waals surface area contributed by atoms with Gasteiger partial charge in [0.25, 0.3) is 0 Å². The number of nitrogens with one attached hydrogen (secondary N) is 1. The van der Waals surface area contributed by atoms with Crippen LogP contribution in [0.25, 0.3) is 0 Å². The fraction of sp³-hybridized carbons (Fsp3) is 0.600. The third kappa shape index (κ3) is 7.38. The van der Waals surface area contributed by atoms with Gasteiger partial charge in [-0.3, -0.25) is 0 Å². The van der Waals surface area contributed by atoms with E-state index in [0.717, 1.165) is 24.2 Å². The van der Waals surface area contributed by atoms with Crippen LogP contribution in [-0.2, 0) is 6.54 Å². The second-order valence-corrected chi connectivity index (χ2v) is 4.95. The topological polar surface area (TPSA) is 21.3 Å². The van der Waals surface area contributed by atoms with Gasteiger partial charge in [0, 0.05) is 12.6 Å². The van der Waals surface area contributed by atoms with Crippen molar-refractivity contribution in [2.75, 3.05) is 6.61 Å². The van der Waals surface area contributed by atoms with Crippen LogP contribution in [0.4, 0.5) is 13.2 Å². The zero-order chi connectivity index (χ0) is 15.0. The molecule has 1 aromatic rings. The van der Waals surface area contributed by atoms with Crippen molar-refractivity contribution in [3.8, 4) is 5.75 Å². The van der Waals surface area contributed by atoms with Crippen LogP contribution in [0.3, 0.4) is 0 Å². The smallest absolute Gasteiger partial charge is 0.390 e. The molecule has 0 aromatic heterocycles. The molecule has 20 heavy (non-hydrogen) atoms. The SMILES string of the molecule is CCCCOc1ccc(CNC(C)CC(F)(F)F)cc1. The minimum atomic E-state index is -4.12. The summed E-state index contributed by atoms with van der Waals surface area (Å²) in [6, 6.07) is 6.85. The van der Waals surface area contributed by atoms with Gasteiger partial charge in [-0.05, 0) is 31.0 Å². The molecule has 2 nitrogen and oxygen atoms in total. The summed E-state index contributed by atoms with van der Waals surface area (Å²) in [6.45, 7) is 4.75. The molecule has 1 unspecified atom stereocenters. The number of rotatable bonds is 8. The van der Waals surface area contributed by atoms with Gasteiger partial charge in [-0.15, -0.1) is 0 Å². The molecule has 1 rings (SSSR count). The highest BCUT2D eigenvalue weighted by Gasteiger charge is 2.29. The Morgan fingerprint density at radius 1 is 1.20 bits per heavy atom. The van der Waals surface area contributed by atoms with Crippen LogP contribution in [0, 0.1) is 0 Å². The van der Waals surface area contributed by atoms with E-state index in [0.29, 0.717) is 13.2 Å². The molecule has 5 heteroatoms. The Morgan fingerprint density at radius 2 is 1.85 bits per heavy atom. The van der Waals surface area contributed by atoms with E-state index in [1.54, 1.807) is 0 Å². The van der Waals surface area contributed by atoms with Crippen molar-refractivity contribution in [2.24, 2.45) is 0 Å². The quantitative estimate of drug-likeness (QED) is 0.721. The van der Waals surface area contributed by atoms with Crippen molar-refractivity contribution in [2.45, 2.75) is 51.9 Å². The van der Waals surface area contributed by atoms with E-state index in [1.807, 2.05) is 24.3 Å². The fourth-order valence-electron chi connectivity index (χ4n) is 1.75. The van der Waals surface area contributed by atoms with E-state index >= 15 is 0 Å². The van der Waals surface area contributed by atoms with E-state index < -0.39 is 18.6 Å². The van der Waals surface area contributed by atoms with Gasteiger partial charge in [0.05, 0.1) is 13.0 Å². The van der Waals surface area contributed by atoms with Gasteiger partial charge >= 0.3 is 6.18 Å². The largest absolute Gasteiger partial charge is 0.494 e. The summed E-state index contributed by atoms with van der Waals surface area (Å²) in [5, 5.41) is 2.87. The lowest BCUT2D eigenvalue weighted by molar-refractivity contribution is -0.139. The summed E-state index contributed by atoms with van der Waals surface area (Å²) in [5.74, 6) is 0.797. The molecule has 0 spiro atoms. The zero-order valence-electron chi connectivity index (χ0n) is 12.0. The molecule has 1 aromatic carbocycles. The number of hydrogen-bond donors (Lipinski definition) is 1. The molecule has 0 radical (unpaired) electrons. The second-order valence-electron chi connectivity index (χ2n) is 4.95. The average molecular weight is 289 g/mol. The molecule has 0 bridgehead atoms. The molecular formula is C15H22F3NO. The molecule has 1 N–H and O–H groups in total. The molecule has 0 aliphatic carbocycles. The highest BCUT2D eigenvalue weighted by atomic mass is 19.4. The number of unbranched alkanes of at least 4 members (excludes halogenated alkanes) is 1. The van der Waals surface area contributed by atoms with E-state index in [9.17, 15) is 13.2 Å². The van der Waals surface area contributed by atoms with Crippen molar-refractivity contribution in [1.29, 1.82) is 0 Å². The molecule has 0 fully saturated rings. The molecular weight excluding hydrogens is 267 g/mol. The van der Waals surface area contributed by atoms with E-state index in [4.69, 9.17) is 4.74 Å². The van der Waals surface area contributed by atoms with Gasteiger partial charge < -0.3 is 10.1 Å². The van der Waals surface area contributed by atoms with E-state index in [1.165, 1.54) is 6.92 Å². The number of halogens is 3. The lowest BCUT2D eigenvalue weighted by Crippen LogP contribution is -2.30. The molecule has 0 saturated carbocycles. The lowest BCUT2D eigenvalue weighted by Gasteiger charge is -2.16. The zero-order valence-corrected chi connectivity index (χ0v) is 12.0. The Balaban J connectivity index is 2.34. The van der Waals surface area contributed by atoms with Crippen LogP contribution >= 0.6 is 0 Å². The minimum absolute atomic E-state index is 0.423. The predicted octanol–water partition coefficient (Wildman–Crippen LogP) is 4.30. The number of benzene rings is 1. The molecule has 0 saturated heterocycles. The van der Waals surface area contributed by atoms with Gasteiger partial charge in [0.15, 0.2) is 0 Å². The maximum absolute atomic E-state index is 12.2. The molecule has 0 amide bonds. The fourth-order valence-corrected chi connectivity index (χ4v) is 1.75. The lowest BCUT2D eigenvalue weighted by atomic mass is 10.2. The Hall–Kier alpha value is -1.23. The first-order valence-corrected chi connectivity index (χ1v) is 6.92. The van der Waals surface area contributed by atoms with Crippen LogP contribution in [0.1, 0.15) is 38.7 Å². The normalized spacial score (nSPS) is 13.2. The summed E-state index contributed by atoms with van der Waals surface area (Å²) in [7, 11) is 0. The monoisotopic (exact) mass is 289 g/mol. The Bertz CT molecular complexity index is 376. The van der Waals surface area contributed by atoms with Crippen molar-refractivity contribution in [3.63, 3.8) is 0 Å². The molecule has 114 valence electrons. The van der Waals surface area contributed by atoms with Gasteiger partial charge in [-0.2, -0.15) is 13.2 Å². The standard InChI is InChI=1S/C15H22F3NO/c1-3-4-9-20-14-7-5-13(6-8-14)11-19-12(2)10-15(16,17)18/h5-8,12,19H,3-4,9-11H2,1-2H3. The van der Waals surface area contributed by atoms with Crippen LogP contribution in [0.15, 0.2) is 24.3 Å². The summed E-state index contributed by atoms with van der Waals surface area (Å²) < 4.78 is 42.1. The number of ether oxygens (including phenoxy) is 1. The third-order valence-corrected chi connectivity index (χ3v) is 2.88. The Morgan fingerprint density at radius 3 is 2.40 bits per heavy atom. The van der Waals surface area contributed by atoms with E-state index in [2.05, 4.69) is 12.2 Å². The maximum Gasteiger partial charge on any atom is 0.390 e. The van der Waals surface area contributed by atoms with Crippen LogP contribution < -0.4 is 10.1 Å². The molecule has 0 heterocycles. The predicted molar refractivity (Wildman–Crippen MR) is 73.8 cm³/mol. The molecule has 1 atom stereocenters. The summed E-state index contributed by atoms with van der Waals surface area (Å²) in [6.07, 6.45) is -2.84. The summed E-state index contributed by atoms with van der Waals surface area (Å²) >= 11 is 0. The highest BCUT2D eigenvalue weighted by Crippen LogP contribution is 2.21.